The predicted octanol–water partition coefficient (Wildman–Crippen LogP) is 4.81. The number of amides is 1. The van der Waals surface area contributed by atoms with Crippen LogP contribution in [0.2, 0.25) is 0 Å². The van der Waals surface area contributed by atoms with Crippen molar-refractivity contribution in [3.63, 3.8) is 0 Å². The zero-order valence-electron chi connectivity index (χ0n) is 12.8. The van der Waals surface area contributed by atoms with Gasteiger partial charge in [0.25, 0.3) is 5.91 Å². The molecule has 1 atom stereocenters. The third-order valence-corrected chi connectivity index (χ3v) is 4.82. The summed E-state index contributed by atoms with van der Waals surface area (Å²) in [5.74, 6) is 0.765. The highest BCUT2D eigenvalue weighted by Crippen LogP contribution is 2.37. The van der Waals surface area contributed by atoms with Gasteiger partial charge in [-0.3, -0.25) is 4.79 Å². The third kappa shape index (κ3) is 2.61. The zero-order valence-corrected chi connectivity index (χ0v) is 14.4. The molecule has 1 N–H and O–H groups in total. The van der Waals surface area contributed by atoms with Gasteiger partial charge in [-0.05, 0) is 46.3 Å². The molecule has 2 aromatic carbocycles. The largest absolute Gasteiger partial charge is 0.467 e. The Morgan fingerprint density at radius 1 is 1.04 bits per heavy atom. The highest BCUT2D eigenvalue weighted by atomic mass is 79.9. The van der Waals surface area contributed by atoms with E-state index in [1.807, 2.05) is 60.7 Å². The van der Waals surface area contributed by atoms with E-state index in [2.05, 4.69) is 21.2 Å². The second-order valence-electron chi connectivity index (χ2n) is 5.63. The summed E-state index contributed by atoms with van der Waals surface area (Å²) in [5.41, 5.74) is 2.65. The van der Waals surface area contributed by atoms with Crippen molar-refractivity contribution in [2.24, 2.45) is 0 Å². The van der Waals surface area contributed by atoms with Crippen molar-refractivity contribution >= 4 is 27.5 Å². The van der Waals surface area contributed by atoms with Crippen LogP contribution in [-0.4, -0.2) is 10.8 Å². The normalized spacial score (nSPS) is 16.3. The van der Waals surface area contributed by atoms with E-state index in [9.17, 15) is 4.79 Å². The maximum atomic E-state index is 12.8. The number of nitrogens with zero attached hydrogens (tertiary/aromatic N) is 1. The molecule has 1 aliphatic rings. The number of nitrogens with one attached hydrogen (secondary N) is 1. The number of anilines is 1. The van der Waals surface area contributed by atoms with Gasteiger partial charge in [0.2, 0.25) is 0 Å². The van der Waals surface area contributed by atoms with E-state index in [1.165, 1.54) is 0 Å². The van der Waals surface area contributed by atoms with Gasteiger partial charge in [0.15, 0.2) is 0 Å². The lowest BCUT2D eigenvalue weighted by Crippen LogP contribution is -2.31. The summed E-state index contributed by atoms with van der Waals surface area (Å²) in [7, 11) is 0. The molecule has 0 unspecified atom stereocenters. The third-order valence-electron chi connectivity index (χ3n) is 4.13. The maximum absolute atomic E-state index is 12.8. The molecule has 5 heteroatoms. The van der Waals surface area contributed by atoms with Crippen LogP contribution in [0.15, 0.2) is 75.8 Å². The number of fused-ring (bicyclic) bond motifs is 1. The molecule has 0 fully saturated rings. The number of hydrogen-bond acceptors (Lipinski definition) is 3. The van der Waals surface area contributed by atoms with Crippen LogP contribution in [0.25, 0.3) is 0 Å². The lowest BCUT2D eigenvalue weighted by molar-refractivity contribution is 0.0715. The van der Waals surface area contributed by atoms with Crippen molar-refractivity contribution in [1.29, 1.82) is 0 Å². The highest BCUT2D eigenvalue weighted by molar-refractivity contribution is 9.10. The molecule has 1 aromatic heterocycles. The minimum absolute atomic E-state index is 0.00607. The van der Waals surface area contributed by atoms with Gasteiger partial charge in [-0.15, -0.1) is 0 Å². The molecule has 1 amide bonds. The van der Waals surface area contributed by atoms with E-state index in [1.54, 1.807) is 11.2 Å². The summed E-state index contributed by atoms with van der Waals surface area (Å²) in [6, 6.07) is 19.3. The number of rotatable bonds is 4. The summed E-state index contributed by atoms with van der Waals surface area (Å²) >= 11 is 3.55. The maximum Gasteiger partial charge on any atom is 0.256 e. The second kappa shape index (κ2) is 6.17. The van der Waals surface area contributed by atoms with E-state index >= 15 is 0 Å². The molecule has 3 aromatic rings. The van der Waals surface area contributed by atoms with Crippen LogP contribution in [0.3, 0.4) is 0 Å². The summed E-state index contributed by atoms with van der Waals surface area (Å²) in [5, 5.41) is 3.47. The van der Waals surface area contributed by atoms with Crippen LogP contribution in [-0.2, 0) is 6.54 Å². The average Bonchev–Trinajstić information content (AvgIpc) is 3.20. The molecule has 1 aliphatic heterocycles. The lowest BCUT2D eigenvalue weighted by atomic mass is 10.1. The molecule has 120 valence electrons. The van der Waals surface area contributed by atoms with Crippen LogP contribution in [0, 0.1) is 0 Å². The van der Waals surface area contributed by atoms with Gasteiger partial charge < -0.3 is 14.6 Å². The fraction of sp³-hybridized carbons (Fsp3) is 0.105. The molecule has 0 spiro atoms. The fourth-order valence-corrected chi connectivity index (χ4v) is 3.38. The second-order valence-corrected chi connectivity index (χ2v) is 6.48. The molecule has 0 bridgehead atoms. The summed E-state index contributed by atoms with van der Waals surface area (Å²) in [6.45, 7) is 0.419. The molecule has 4 nitrogen and oxygen atoms in total. The molecule has 2 heterocycles. The predicted molar refractivity (Wildman–Crippen MR) is 95.5 cm³/mol. The molecule has 0 saturated carbocycles. The molecule has 4 rings (SSSR count). The van der Waals surface area contributed by atoms with Crippen LogP contribution in [0.1, 0.15) is 27.8 Å². The van der Waals surface area contributed by atoms with Crippen molar-refractivity contribution in [2.45, 2.75) is 12.7 Å². The monoisotopic (exact) mass is 382 g/mol. The van der Waals surface area contributed by atoms with E-state index in [4.69, 9.17) is 4.42 Å². The van der Waals surface area contributed by atoms with Crippen molar-refractivity contribution in [3.05, 3.63) is 88.3 Å². The molecule has 24 heavy (non-hydrogen) atoms. The topological polar surface area (TPSA) is 45.5 Å². The van der Waals surface area contributed by atoms with Gasteiger partial charge in [-0.1, -0.05) is 30.3 Å². The van der Waals surface area contributed by atoms with Gasteiger partial charge in [0.05, 0.1) is 18.5 Å². The number of furan rings is 1. The standard InChI is InChI=1S/C19H15BrN2O2/c20-16-9-3-4-10-17(16)21-18-14-7-1-2-8-15(14)19(23)22(18)12-13-6-5-11-24-13/h1-11,18,21H,12H2/t18-/m1/s1. The van der Waals surface area contributed by atoms with Crippen LogP contribution in [0.4, 0.5) is 5.69 Å². The number of hydrogen-bond donors (Lipinski definition) is 1. The number of benzene rings is 2. The summed E-state index contributed by atoms with van der Waals surface area (Å²) in [6.07, 6.45) is 1.39. The Morgan fingerprint density at radius 2 is 1.83 bits per heavy atom. The first-order chi connectivity index (χ1) is 11.7. The van der Waals surface area contributed by atoms with Crippen LogP contribution >= 0.6 is 15.9 Å². The number of carbonyl (C=O) groups excluding carboxylic acids is 1. The van der Waals surface area contributed by atoms with Gasteiger partial charge in [0.1, 0.15) is 11.9 Å². The van der Waals surface area contributed by atoms with Crippen molar-refractivity contribution < 1.29 is 9.21 Å². The first kappa shape index (κ1) is 15.0. The number of para-hydroxylation sites is 1. The minimum Gasteiger partial charge on any atom is -0.467 e. The highest BCUT2D eigenvalue weighted by Gasteiger charge is 2.37. The Hall–Kier alpha value is -2.53. The SMILES string of the molecule is O=C1c2ccccc2[C@H](Nc2ccccc2Br)N1Cc1ccco1. The van der Waals surface area contributed by atoms with Gasteiger partial charge in [-0.25, -0.2) is 0 Å². The first-order valence-electron chi connectivity index (χ1n) is 7.67. The Balaban J connectivity index is 1.72. The molecule has 0 aliphatic carbocycles. The number of carbonyl (C=O) groups is 1. The van der Waals surface area contributed by atoms with Crippen molar-refractivity contribution in [3.8, 4) is 0 Å². The Kier molecular flexibility index (Phi) is 3.86. The smallest absolute Gasteiger partial charge is 0.256 e. The van der Waals surface area contributed by atoms with E-state index in [0.29, 0.717) is 6.54 Å². The Bertz CT molecular complexity index is 877. The zero-order chi connectivity index (χ0) is 16.5. The van der Waals surface area contributed by atoms with Gasteiger partial charge in [-0.2, -0.15) is 0 Å². The van der Waals surface area contributed by atoms with Crippen LogP contribution < -0.4 is 5.32 Å². The van der Waals surface area contributed by atoms with Gasteiger partial charge >= 0.3 is 0 Å². The minimum atomic E-state index is -0.238. The lowest BCUT2D eigenvalue weighted by Gasteiger charge is -2.26. The molecular formula is C19H15BrN2O2. The average molecular weight is 383 g/mol. The number of halogens is 1. The van der Waals surface area contributed by atoms with Crippen molar-refractivity contribution in [1.82, 2.24) is 4.90 Å². The molecular weight excluding hydrogens is 368 g/mol. The Labute approximate surface area is 148 Å². The van der Waals surface area contributed by atoms with Crippen molar-refractivity contribution in [2.75, 3.05) is 5.32 Å². The van der Waals surface area contributed by atoms with E-state index in [0.717, 1.165) is 27.0 Å². The summed E-state index contributed by atoms with van der Waals surface area (Å²) in [4.78, 5) is 14.6. The molecule has 0 radical (unpaired) electrons. The van der Waals surface area contributed by atoms with E-state index in [-0.39, 0.29) is 12.1 Å². The first-order valence-corrected chi connectivity index (χ1v) is 8.46. The summed E-state index contributed by atoms with van der Waals surface area (Å²) < 4.78 is 6.39. The van der Waals surface area contributed by atoms with Crippen LogP contribution in [0.5, 0.6) is 0 Å². The van der Waals surface area contributed by atoms with Gasteiger partial charge in [0, 0.05) is 15.6 Å². The fourth-order valence-electron chi connectivity index (χ4n) is 2.98. The Morgan fingerprint density at radius 3 is 2.62 bits per heavy atom. The van der Waals surface area contributed by atoms with E-state index < -0.39 is 0 Å². The quantitative estimate of drug-likeness (QED) is 0.704. The molecule has 0 saturated heterocycles.